The van der Waals surface area contributed by atoms with Gasteiger partial charge >= 0.3 is 0 Å². The van der Waals surface area contributed by atoms with Crippen LogP contribution in [0.15, 0.2) is 89.7 Å². The Morgan fingerprint density at radius 1 is 0.900 bits per heavy atom. The van der Waals surface area contributed by atoms with Crippen molar-refractivity contribution < 1.29 is 4.39 Å². The van der Waals surface area contributed by atoms with Crippen molar-refractivity contribution >= 4 is 17.8 Å². The zero-order valence-electron chi connectivity index (χ0n) is 16.3. The van der Waals surface area contributed by atoms with Gasteiger partial charge in [-0.25, -0.2) is 9.37 Å². The molecule has 1 saturated carbocycles. The molecule has 0 unspecified atom stereocenters. The summed E-state index contributed by atoms with van der Waals surface area (Å²) < 4.78 is 15.9. The predicted octanol–water partition coefficient (Wildman–Crippen LogP) is 6.85. The largest absolute Gasteiger partial charge is 0.315 e. The summed E-state index contributed by atoms with van der Waals surface area (Å²) in [6.07, 6.45) is 7.99. The zero-order chi connectivity index (χ0) is 20.3. The number of rotatable bonds is 6. The molecule has 0 bridgehead atoms. The molecule has 30 heavy (non-hydrogen) atoms. The summed E-state index contributed by atoms with van der Waals surface area (Å²) in [5.74, 6) is -0.244. The van der Waals surface area contributed by atoms with Gasteiger partial charge in [0.25, 0.3) is 0 Å². The van der Waals surface area contributed by atoms with Crippen LogP contribution in [-0.4, -0.2) is 14.5 Å². The molecule has 2 aromatic heterocycles. The van der Waals surface area contributed by atoms with Crippen molar-refractivity contribution in [3.05, 3.63) is 95.9 Å². The van der Waals surface area contributed by atoms with Crippen molar-refractivity contribution in [2.75, 3.05) is 0 Å². The quantitative estimate of drug-likeness (QED) is 0.324. The SMILES string of the molecule is Fc1ccc(-c2nc(S/C=C\c3ccccc3)n(C3CC3)c2-c2ccncc2)cc1. The van der Waals surface area contributed by atoms with Crippen molar-refractivity contribution in [2.45, 2.75) is 24.0 Å². The topological polar surface area (TPSA) is 30.7 Å². The summed E-state index contributed by atoms with van der Waals surface area (Å²) in [7, 11) is 0. The maximum Gasteiger partial charge on any atom is 0.173 e. The smallest absolute Gasteiger partial charge is 0.173 e. The Labute approximate surface area is 179 Å². The fourth-order valence-corrected chi connectivity index (χ4v) is 4.34. The molecule has 0 atom stereocenters. The van der Waals surface area contributed by atoms with Gasteiger partial charge in [-0.2, -0.15) is 0 Å². The van der Waals surface area contributed by atoms with Gasteiger partial charge in [0.2, 0.25) is 0 Å². The first-order valence-corrected chi connectivity index (χ1v) is 10.8. The highest BCUT2D eigenvalue weighted by molar-refractivity contribution is 8.02. The molecule has 1 aliphatic carbocycles. The zero-order valence-corrected chi connectivity index (χ0v) is 17.1. The maximum atomic E-state index is 13.5. The Hall–Kier alpha value is -3.18. The van der Waals surface area contributed by atoms with Crippen molar-refractivity contribution in [1.82, 2.24) is 14.5 Å². The summed E-state index contributed by atoms with van der Waals surface area (Å²) in [4.78, 5) is 9.18. The van der Waals surface area contributed by atoms with Crippen LogP contribution in [0.25, 0.3) is 28.6 Å². The van der Waals surface area contributed by atoms with Crippen molar-refractivity contribution in [3.63, 3.8) is 0 Å². The van der Waals surface area contributed by atoms with Gasteiger partial charge in [0.05, 0.1) is 11.4 Å². The minimum absolute atomic E-state index is 0.244. The second-order valence-electron chi connectivity index (χ2n) is 7.27. The van der Waals surface area contributed by atoms with Crippen LogP contribution in [0.2, 0.25) is 0 Å². The van der Waals surface area contributed by atoms with Crippen LogP contribution in [0.4, 0.5) is 4.39 Å². The van der Waals surface area contributed by atoms with E-state index in [4.69, 9.17) is 4.98 Å². The summed E-state index contributed by atoms with van der Waals surface area (Å²) in [5, 5.41) is 3.04. The molecule has 0 radical (unpaired) electrons. The van der Waals surface area contributed by atoms with E-state index in [0.717, 1.165) is 46.1 Å². The Bertz CT molecular complexity index is 1160. The van der Waals surface area contributed by atoms with Crippen LogP contribution >= 0.6 is 11.8 Å². The molecule has 0 N–H and O–H groups in total. The Balaban J connectivity index is 1.60. The van der Waals surface area contributed by atoms with E-state index in [1.165, 1.54) is 12.1 Å². The molecule has 2 heterocycles. The first-order chi connectivity index (χ1) is 14.8. The standard InChI is InChI=1S/C25H20FN3S/c26-21-8-6-19(7-9-21)23-24(20-12-15-27-16-13-20)29(22-10-11-22)25(28-23)30-17-14-18-4-2-1-3-5-18/h1-9,12-17,22H,10-11H2/b17-14-. The highest BCUT2D eigenvalue weighted by Crippen LogP contribution is 2.45. The maximum absolute atomic E-state index is 13.5. The molecule has 5 heteroatoms. The molecule has 4 aromatic rings. The van der Waals surface area contributed by atoms with Crippen molar-refractivity contribution in [3.8, 4) is 22.5 Å². The van der Waals surface area contributed by atoms with Gasteiger partial charge in [-0.15, -0.1) is 0 Å². The van der Waals surface area contributed by atoms with E-state index in [1.54, 1.807) is 36.3 Å². The van der Waals surface area contributed by atoms with Crippen LogP contribution in [0.5, 0.6) is 0 Å². The van der Waals surface area contributed by atoms with Gasteiger partial charge in [0.15, 0.2) is 5.16 Å². The summed E-state index contributed by atoms with van der Waals surface area (Å²) in [5.41, 5.74) is 5.09. The number of pyridine rings is 1. The number of aromatic nitrogens is 3. The van der Waals surface area contributed by atoms with E-state index in [-0.39, 0.29) is 5.82 Å². The van der Waals surface area contributed by atoms with E-state index in [1.807, 2.05) is 30.3 Å². The van der Waals surface area contributed by atoms with E-state index in [9.17, 15) is 4.39 Å². The molecule has 0 spiro atoms. The molecule has 1 aliphatic rings. The van der Waals surface area contributed by atoms with Crippen LogP contribution < -0.4 is 0 Å². The fourth-order valence-electron chi connectivity index (χ4n) is 3.50. The summed E-state index contributed by atoms with van der Waals surface area (Å²) >= 11 is 1.62. The highest BCUT2D eigenvalue weighted by atomic mass is 32.2. The van der Waals surface area contributed by atoms with Crippen molar-refractivity contribution in [2.24, 2.45) is 0 Å². The van der Waals surface area contributed by atoms with Gasteiger partial charge < -0.3 is 4.57 Å². The number of nitrogens with zero attached hydrogens (tertiary/aromatic N) is 3. The molecule has 2 aromatic carbocycles. The monoisotopic (exact) mass is 413 g/mol. The van der Waals surface area contributed by atoms with Crippen LogP contribution in [0.3, 0.4) is 0 Å². The highest BCUT2D eigenvalue weighted by Gasteiger charge is 2.31. The van der Waals surface area contributed by atoms with Crippen LogP contribution in [0, 0.1) is 5.82 Å². The van der Waals surface area contributed by atoms with Crippen LogP contribution in [0.1, 0.15) is 24.4 Å². The number of hydrogen-bond donors (Lipinski definition) is 0. The molecular weight excluding hydrogens is 393 g/mol. The van der Waals surface area contributed by atoms with Gasteiger partial charge in [-0.3, -0.25) is 4.98 Å². The number of halogens is 1. The molecule has 0 amide bonds. The Kier molecular flexibility index (Phi) is 5.20. The molecule has 1 fully saturated rings. The van der Waals surface area contributed by atoms with E-state index in [0.29, 0.717) is 6.04 Å². The second kappa shape index (κ2) is 8.28. The minimum Gasteiger partial charge on any atom is -0.315 e. The second-order valence-corrected chi connectivity index (χ2v) is 8.14. The lowest BCUT2D eigenvalue weighted by Gasteiger charge is -2.11. The summed E-state index contributed by atoms with van der Waals surface area (Å²) in [6, 6.07) is 21.3. The molecule has 5 rings (SSSR count). The first kappa shape index (κ1) is 18.8. The van der Waals surface area contributed by atoms with Crippen LogP contribution in [-0.2, 0) is 0 Å². The third-order valence-corrected chi connectivity index (χ3v) is 5.87. The third-order valence-electron chi connectivity index (χ3n) is 5.10. The lowest BCUT2D eigenvalue weighted by atomic mass is 10.1. The normalized spacial score (nSPS) is 13.8. The molecular formula is C25H20FN3S. The predicted molar refractivity (Wildman–Crippen MR) is 120 cm³/mol. The van der Waals surface area contributed by atoms with E-state index < -0.39 is 0 Å². The molecule has 3 nitrogen and oxygen atoms in total. The van der Waals surface area contributed by atoms with Crippen molar-refractivity contribution in [1.29, 1.82) is 0 Å². The number of benzene rings is 2. The average molecular weight is 414 g/mol. The van der Waals surface area contributed by atoms with Gasteiger partial charge in [0.1, 0.15) is 5.82 Å². The Morgan fingerprint density at radius 3 is 2.33 bits per heavy atom. The summed E-state index contributed by atoms with van der Waals surface area (Å²) in [6.45, 7) is 0. The lowest BCUT2D eigenvalue weighted by Crippen LogP contribution is -1.99. The molecule has 0 aliphatic heterocycles. The fraction of sp³-hybridized carbons (Fsp3) is 0.120. The number of imidazole rings is 1. The first-order valence-electron chi connectivity index (χ1n) is 9.96. The van der Waals surface area contributed by atoms with Gasteiger partial charge in [-0.1, -0.05) is 42.1 Å². The number of hydrogen-bond acceptors (Lipinski definition) is 3. The molecule has 0 saturated heterocycles. The third kappa shape index (κ3) is 3.94. The van der Waals surface area contributed by atoms with E-state index >= 15 is 0 Å². The minimum atomic E-state index is -0.244. The Morgan fingerprint density at radius 2 is 1.63 bits per heavy atom. The van der Waals surface area contributed by atoms with Gasteiger partial charge in [-0.05, 0) is 66.3 Å². The lowest BCUT2D eigenvalue weighted by molar-refractivity contribution is 0.628. The van der Waals surface area contributed by atoms with E-state index in [2.05, 4.69) is 33.2 Å². The molecule has 148 valence electrons. The average Bonchev–Trinajstić information content (AvgIpc) is 3.56. The number of thioether (sulfide) groups is 1. The van der Waals surface area contributed by atoms with Gasteiger partial charge in [0, 0.05) is 29.6 Å².